The summed E-state index contributed by atoms with van der Waals surface area (Å²) in [5, 5.41) is 22.8. The van der Waals surface area contributed by atoms with E-state index in [0.717, 1.165) is 0 Å². The third-order valence-electron chi connectivity index (χ3n) is 15.3. The number of hydrogen-bond acceptors (Lipinski definition) is 12. The number of hydrogen-bond donors (Lipinski definition) is 10. The number of rotatable bonds is 16. The van der Waals surface area contributed by atoms with E-state index in [0.29, 0.717) is 36.8 Å². The first-order valence-corrected chi connectivity index (χ1v) is 29.5. The molecule has 82 heavy (non-hydrogen) atoms. The highest BCUT2D eigenvalue weighted by atomic mass is 16.2. The second-order valence-corrected chi connectivity index (χ2v) is 23.7. The number of fused-ring (bicyclic) bond motifs is 2. The van der Waals surface area contributed by atoms with Crippen LogP contribution in [0.5, 0.6) is 0 Å². The molecule has 0 aliphatic carbocycles. The van der Waals surface area contributed by atoms with Gasteiger partial charge in [0, 0.05) is 25.9 Å². The minimum absolute atomic E-state index is 0.0279. The molecular weight excluding hydrogens is 1050 g/mol. The van der Waals surface area contributed by atoms with Crippen LogP contribution >= 0.6 is 0 Å². The Balaban J connectivity index is 1.58. The van der Waals surface area contributed by atoms with Gasteiger partial charge in [-0.3, -0.25) is 47.9 Å². The van der Waals surface area contributed by atoms with E-state index in [2.05, 4.69) is 42.5 Å². The first-order valence-electron chi connectivity index (χ1n) is 29.5. The lowest BCUT2D eigenvalue weighted by atomic mass is 9.99. The summed E-state index contributed by atoms with van der Waals surface area (Å²) in [5.41, 5.74) is 13.3. The molecule has 5 rings (SSSR count). The maximum atomic E-state index is 14.9. The van der Waals surface area contributed by atoms with Crippen molar-refractivity contribution in [1.29, 1.82) is 0 Å². The van der Waals surface area contributed by atoms with E-state index in [9.17, 15) is 47.9 Å². The fraction of sp³-hybridized carbons (Fsp3) is 0.633. The summed E-state index contributed by atoms with van der Waals surface area (Å²) in [4.78, 5) is 149. The zero-order chi connectivity index (χ0) is 60.2. The van der Waals surface area contributed by atoms with Crippen molar-refractivity contribution in [3.05, 3.63) is 71.8 Å². The molecule has 12 N–H and O–H groups in total. The summed E-state index contributed by atoms with van der Waals surface area (Å²) >= 11 is 0. The molecule has 3 aliphatic rings. The Morgan fingerprint density at radius 3 is 1.05 bits per heavy atom. The van der Waals surface area contributed by atoms with E-state index in [1.54, 1.807) is 76.2 Å². The smallest absolute Gasteiger partial charge is 0.246 e. The predicted molar refractivity (Wildman–Crippen MR) is 310 cm³/mol. The Morgan fingerprint density at radius 2 is 0.732 bits per heavy atom. The molecule has 0 radical (unpaired) electrons. The highest BCUT2D eigenvalue weighted by Gasteiger charge is 2.43. The van der Waals surface area contributed by atoms with Gasteiger partial charge in [0.15, 0.2) is 0 Å². The molecule has 3 saturated heterocycles. The first-order chi connectivity index (χ1) is 39.0. The number of nitrogens with two attached hydrogens (primary N) is 2. The molecule has 22 heteroatoms. The van der Waals surface area contributed by atoms with Gasteiger partial charge in [0.05, 0.1) is 0 Å². The van der Waals surface area contributed by atoms with E-state index in [1.165, 1.54) is 9.80 Å². The molecule has 22 nitrogen and oxygen atoms in total. The van der Waals surface area contributed by atoms with Crippen LogP contribution in [0.2, 0.25) is 0 Å². The molecule has 0 spiro atoms. The topological polar surface area (TPSA) is 325 Å². The van der Waals surface area contributed by atoms with Crippen molar-refractivity contribution in [2.24, 2.45) is 35.1 Å². The van der Waals surface area contributed by atoms with Crippen molar-refractivity contribution in [3.8, 4) is 0 Å². The van der Waals surface area contributed by atoms with Crippen LogP contribution < -0.4 is 54.0 Å². The summed E-state index contributed by atoms with van der Waals surface area (Å²) < 4.78 is 0. The van der Waals surface area contributed by atoms with Gasteiger partial charge in [0.1, 0.15) is 60.4 Å². The summed E-state index contributed by atoms with van der Waals surface area (Å²) in [5.74, 6) is -7.75. The molecule has 3 fully saturated rings. The molecule has 452 valence electrons. The fourth-order valence-electron chi connectivity index (χ4n) is 10.9. The number of amides is 10. The summed E-state index contributed by atoms with van der Waals surface area (Å²) in [7, 11) is 0. The predicted octanol–water partition coefficient (Wildman–Crippen LogP) is 1.23. The highest BCUT2D eigenvalue weighted by molar-refractivity contribution is 6.00. The standard InChI is InChI=1S/C60H92N12O10/c1-35(2)31-43-53(75)67-45(33-39-19-11-9-12-20-39)59(81)71-29-17-25-47(71)55(77)70-50(38(7)8)58(80)64-42(24-16-28-62)52(74)66-44(32-36(3)4)54(76)68-46(34-40-21-13-10-14-22-40)60(82)72-30-18-26-48(72)56(78)69-49(37(5)6)57(79)63-41(23-15-27-61)51(73)65-43/h9-14,19-22,35-38,41-50H,15-18,23-34,61-62H2,1-8H3,(H,63,79)(H,64,80)(H,65,73)(H,66,74)(H,67,75)(H,68,76)(H,69,78)(H,70,77)/t41-,42+,43-,44-,45+,46+,47-,48-,49-,50-/m0/s1. The van der Waals surface area contributed by atoms with Gasteiger partial charge in [-0.25, -0.2) is 0 Å². The van der Waals surface area contributed by atoms with Gasteiger partial charge in [-0.2, -0.15) is 0 Å². The van der Waals surface area contributed by atoms with Crippen LogP contribution in [-0.2, 0) is 60.8 Å². The van der Waals surface area contributed by atoms with E-state index >= 15 is 0 Å². The van der Waals surface area contributed by atoms with Gasteiger partial charge >= 0.3 is 0 Å². The van der Waals surface area contributed by atoms with Crippen LogP contribution in [0.25, 0.3) is 0 Å². The van der Waals surface area contributed by atoms with Crippen LogP contribution in [0.15, 0.2) is 60.7 Å². The largest absolute Gasteiger partial charge is 0.343 e. The molecule has 0 unspecified atom stereocenters. The SMILES string of the molecule is CC(C)C[C@@H]1NC(=O)[C@H](CCCN)NC(=O)[C@H](C(C)C)NC(=O)[C@@H]2CCCN2C(=O)[C@@H](Cc2ccccc2)NC(=O)[C@H](CC(C)C)NC(=O)[C@@H](CCCN)NC(=O)[C@H](C(C)C)NC(=O)[C@@H]2CCCN2C(=O)[C@@H](Cc2ccccc2)NC1=O. The first kappa shape index (κ1) is 65.9. The lowest BCUT2D eigenvalue weighted by Crippen LogP contribution is -2.62. The second kappa shape index (κ2) is 32.0. The van der Waals surface area contributed by atoms with E-state index in [4.69, 9.17) is 11.5 Å². The summed E-state index contributed by atoms with van der Waals surface area (Å²) in [6.07, 6.45) is 2.45. The Bertz CT molecular complexity index is 2330. The van der Waals surface area contributed by atoms with Crippen molar-refractivity contribution >= 4 is 59.1 Å². The number of carbonyl (C=O) groups is 10. The molecule has 10 amide bonds. The summed E-state index contributed by atoms with van der Waals surface area (Å²) in [6, 6.07) is 6.30. The van der Waals surface area contributed by atoms with E-state index in [1.807, 2.05) is 39.8 Å². The third-order valence-corrected chi connectivity index (χ3v) is 15.3. The Hall–Kier alpha value is -6.94. The van der Waals surface area contributed by atoms with Crippen molar-refractivity contribution in [1.82, 2.24) is 52.3 Å². The molecule has 0 bridgehead atoms. The monoisotopic (exact) mass is 1140 g/mol. The van der Waals surface area contributed by atoms with Crippen molar-refractivity contribution in [2.75, 3.05) is 26.2 Å². The van der Waals surface area contributed by atoms with Crippen molar-refractivity contribution in [2.45, 2.75) is 193 Å². The zero-order valence-electron chi connectivity index (χ0n) is 49.3. The van der Waals surface area contributed by atoms with E-state index in [-0.39, 0.29) is 89.4 Å². The number of nitrogens with one attached hydrogen (secondary N) is 8. The average Bonchev–Trinajstić information content (AvgIpc) is 4.16. The highest BCUT2D eigenvalue weighted by Crippen LogP contribution is 2.24. The van der Waals surface area contributed by atoms with Crippen LogP contribution in [0, 0.1) is 23.7 Å². The van der Waals surface area contributed by atoms with Gasteiger partial charge in [0.25, 0.3) is 0 Å². The quantitative estimate of drug-likeness (QED) is 0.114. The number of benzene rings is 2. The minimum Gasteiger partial charge on any atom is -0.343 e. The maximum Gasteiger partial charge on any atom is 0.246 e. The zero-order valence-corrected chi connectivity index (χ0v) is 49.3. The molecule has 0 aromatic heterocycles. The third kappa shape index (κ3) is 19.1. The normalized spacial score (nSPS) is 26.6. The number of carbonyl (C=O) groups excluding carboxylic acids is 10. The van der Waals surface area contributed by atoms with Crippen molar-refractivity contribution < 1.29 is 47.9 Å². The van der Waals surface area contributed by atoms with Gasteiger partial charge < -0.3 is 63.8 Å². The van der Waals surface area contributed by atoms with E-state index < -0.39 is 131 Å². The Kier molecular flexibility index (Phi) is 25.7. The molecule has 3 aliphatic heterocycles. The van der Waals surface area contributed by atoms with Crippen LogP contribution in [-0.4, -0.2) is 155 Å². The summed E-state index contributed by atoms with van der Waals surface area (Å²) in [6.45, 7) is 15.0. The maximum absolute atomic E-state index is 14.9. The van der Waals surface area contributed by atoms with Crippen LogP contribution in [0.4, 0.5) is 0 Å². The van der Waals surface area contributed by atoms with Crippen LogP contribution in [0.1, 0.15) is 131 Å². The second-order valence-electron chi connectivity index (χ2n) is 23.7. The number of nitrogens with zero attached hydrogens (tertiary/aromatic N) is 2. The Morgan fingerprint density at radius 1 is 0.415 bits per heavy atom. The van der Waals surface area contributed by atoms with Gasteiger partial charge in [0.2, 0.25) is 59.1 Å². The lowest BCUT2D eigenvalue weighted by Gasteiger charge is -2.33. The minimum atomic E-state index is -1.22. The van der Waals surface area contributed by atoms with Crippen LogP contribution in [0.3, 0.4) is 0 Å². The van der Waals surface area contributed by atoms with Gasteiger partial charge in [-0.15, -0.1) is 0 Å². The Labute approximate surface area is 483 Å². The molecular formula is C60H92N12O10. The molecule has 10 atom stereocenters. The molecule has 2 aromatic rings. The lowest BCUT2D eigenvalue weighted by molar-refractivity contribution is -0.143. The van der Waals surface area contributed by atoms with Gasteiger partial charge in [-0.05, 0) is 112 Å². The molecule has 3 heterocycles. The van der Waals surface area contributed by atoms with Crippen molar-refractivity contribution in [3.63, 3.8) is 0 Å². The average molecular weight is 1140 g/mol. The molecule has 2 aromatic carbocycles. The fourth-order valence-corrected chi connectivity index (χ4v) is 10.9. The molecule has 0 saturated carbocycles. The van der Waals surface area contributed by atoms with Gasteiger partial charge in [-0.1, -0.05) is 116 Å².